The van der Waals surface area contributed by atoms with Crippen LogP contribution in [-0.2, 0) is 23.1 Å². The number of fused-ring (bicyclic) bond motifs is 1. The summed E-state index contributed by atoms with van der Waals surface area (Å²) in [5.41, 5.74) is 2.75. The summed E-state index contributed by atoms with van der Waals surface area (Å²) in [6, 6.07) is 7.26. The number of hydrogen-bond acceptors (Lipinski definition) is 4. The number of carbonyl (C=O) groups is 2. The molecule has 1 unspecified atom stereocenters. The smallest absolute Gasteiger partial charge is 0.313 e. The van der Waals surface area contributed by atoms with Crippen LogP contribution in [0.25, 0.3) is 0 Å². The standard InChI is InChI=1S/C17H20N4O2S/c1-21-15-8-4-7-14(13(15)10-18-21)20-17(23)16(22)19-11-5-3-6-12(9-11)24-2/h3,5-6,9-10,14H,4,7-8H2,1-2H3,(H,19,22)(H,20,23). The summed E-state index contributed by atoms with van der Waals surface area (Å²) >= 11 is 1.58. The van der Waals surface area contributed by atoms with Gasteiger partial charge in [-0.1, -0.05) is 6.07 Å². The highest BCUT2D eigenvalue weighted by Crippen LogP contribution is 2.29. The highest BCUT2D eigenvalue weighted by atomic mass is 32.2. The molecule has 6 nitrogen and oxygen atoms in total. The van der Waals surface area contributed by atoms with E-state index >= 15 is 0 Å². The topological polar surface area (TPSA) is 76.0 Å². The Balaban J connectivity index is 1.65. The zero-order chi connectivity index (χ0) is 17.1. The average molecular weight is 344 g/mol. The van der Waals surface area contributed by atoms with E-state index in [1.807, 2.05) is 36.2 Å². The Morgan fingerprint density at radius 3 is 2.96 bits per heavy atom. The molecule has 0 saturated heterocycles. The molecular formula is C17H20N4O2S. The Morgan fingerprint density at radius 2 is 2.17 bits per heavy atom. The lowest BCUT2D eigenvalue weighted by atomic mass is 9.93. The zero-order valence-electron chi connectivity index (χ0n) is 13.7. The van der Waals surface area contributed by atoms with Crippen molar-refractivity contribution in [3.63, 3.8) is 0 Å². The molecule has 2 aromatic rings. The number of aryl methyl sites for hydroxylation is 1. The van der Waals surface area contributed by atoms with Crippen molar-refractivity contribution in [1.29, 1.82) is 0 Å². The monoisotopic (exact) mass is 344 g/mol. The number of amides is 2. The van der Waals surface area contributed by atoms with E-state index in [0.29, 0.717) is 5.69 Å². The molecule has 0 aliphatic heterocycles. The molecule has 1 aliphatic rings. The number of carbonyl (C=O) groups excluding carboxylic acids is 2. The number of nitrogens with zero attached hydrogens (tertiary/aromatic N) is 2. The minimum atomic E-state index is -0.649. The van der Waals surface area contributed by atoms with Crippen LogP contribution in [0.1, 0.15) is 30.1 Å². The molecule has 0 radical (unpaired) electrons. The van der Waals surface area contributed by atoms with E-state index in [1.54, 1.807) is 24.0 Å². The summed E-state index contributed by atoms with van der Waals surface area (Å²) in [4.78, 5) is 25.4. The van der Waals surface area contributed by atoms with Gasteiger partial charge in [-0.15, -0.1) is 11.8 Å². The minimum Gasteiger partial charge on any atom is -0.341 e. The van der Waals surface area contributed by atoms with Crippen molar-refractivity contribution in [2.75, 3.05) is 11.6 Å². The number of hydrogen-bond donors (Lipinski definition) is 2. The maximum Gasteiger partial charge on any atom is 0.313 e. The van der Waals surface area contributed by atoms with Crippen LogP contribution in [0.4, 0.5) is 5.69 Å². The predicted molar refractivity (Wildman–Crippen MR) is 93.9 cm³/mol. The molecular weight excluding hydrogens is 324 g/mol. The lowest BCUT2D eigenvalue weighted by Gasteiger charge is -2.23. The Morgan fingerprint density at radius 1 is 1.33 bits per heavy atom. The summed E-state index contributed by atoms with van der Waals surface area (Å²) in [6.07, 6.45) is 6.47. The molecule has 1 atom stereocenters. The molecule has 0 saturated carbocycles. The van der Waals surface area contributed by atoms with Crippen LogP contribution in [-0.4, -0.2) is 27.9 Å². The van der Waals surface area contributed by atoms with Crippen LogP contribution in [0.5, 0.6) is 0 Å². The van der Waals surface area contributed by atoms with E-state index in [2.05, 4.69) is 15.7 Å². The first-order valence-electron chi connectivity index (χ1n) is 7.85. The maximum absolute atomic E-state index is 12.2. The van der Waals surface area contributed by atoms with Crippen LogP contribution in [0, 0.1) is 0 Å². The fraction of sp³-hybridized carbons (Fsp3) is 0.353. The lowest BCUT2D eigenvalue weighted by Crippen LogP contribution is -2.38. The van der Waals surface area contributed by atoms with E-state index in [-0.39, 0.29) is 6.04 Å². The number of rotatable bonds is 3. The fourth-order valence-corrected chi connectivity index (χ4v) is 3.43. The lowest BCUT2D eigenvalue weighted by molar-refractivity contribution is -0.136. The molecule has 2 amide bonds. The molecule has 0 spiro atoms. The van der Waals surface area contributed by atoms with E-state index < -0.39 is 11.8 Å². The highest BCUT2D eigenvalue weighted by molar-refractivity contribution is 7.98. The third-order valence-electron chi connectivity index (χ3n) is 4.21. The second kappa shape index (κ2) is 7.09. The third-order valence-corrected chi connectivity index (χ3v) is 4.94. The molecule has 7 heteroatoms. The van der Waals surface area contributed by atoms with Crippen molar-refractivity contribution in [1.82, 2.24) is 15.1 Å². The van der Waals surface area contributed by atoms with Crippen molar-refractivity contribution >= 4 is 29.3 Å². The molecule has 3 rings (SSSR count). The van der Waals surface area contributed by atoms with E-state index in [1.165, 1.54) is 0 Å². The average Bonchev–Trinajstić information content (AvgIpc) is 2.97. The van der Waals surface area contributed by atoms with Gasteiger partial charge in [0.25, 0.3) is 0 Å². The van der Waals surface area contributed by atoms with Gasteiger partial charge in [-0.2, -0.15) is 5.10 Å². The first-order chi connectivity index (χ1) is 11.6. The van der Waals surface area contributed by atoms with Crippen molar-refractivity contribution in [2.45, 2.75) is 30.2 Å². The SMILES string of the molecule is CSc1cccc(NC(=O)C(=O)NC2CCCc3c2cnn3C)c1. The number of thioether (sulfide) groups is 1. The van der Waals surface area contributed by atoms with Crippen molar-refractivity contribution in [3.8, 4) is 0 Å². The van der Waals surface area contributed by atoms with Crippen molar-refractivity contribution in [3.05, 3.63) is 41.7 Å². The second-order valence-corrected chi connectivity index (χ2v) is 6.65. The van der Waals surface area contributed by atoms with Gasteiger partial charge in [0.15, 0.2) is 0 Å². The van der Waals surface area contributed by atoms with Gasteiger partial charge in [-0.05, 0) is 43.7 Å². The quantitative estimate of drug-likeness (QED) is 0.662. The van der Waals surface area contributed by atoms with Gasteiger partial charge in [0, 0.05) is 28.9 Å². The third kappa shape index (κ3) is 3.46. The minimum absolute atomic E-state index is 0.154. The van der Waals surface area contributed by atoms with E-state index in [9.17, 15) is 9.59 Å². The van der Waals surface area contributed by atoms with Gasteiger partial charge < -0.3 is 10.6 Å². The second-order valence-electron chi connectivity index (χ2n) is 5.77. The summed E-state index contributed by atoms with van der Waals surface area (Å²) < 4.78 is 1.83. The van der Waals surface area contributed by atoms with Gasteiger partial charge in [-0.25, -0.2) is 0 Å². The molecule has 1 aliphatic carbocycles. The summed E-state index contributed by atoms with van der Waals surface area (Å²) in [6.45, 7) is 0. The van der Waals surface area contributed by atoms with Crippen molar-refractivity contribution in [2.24, 2.45) is 7.05 Å². The van der Waals surface area contributed by atoms with Crippen LogP contribution < -0.4 is 10.6 Å². The number of benzene rings is 1. The molecule has 1 heterocycles. The van der Waals surface area contributed by atoms with Gasteiger partial charge >= 0.3 is 11.8 Å². The summed E-state index contributed by atoms with van der Waals surface area (Å²) in [5.74, 6) is -1.27. The molecule has 126 valence electrons. The molecule has 1 aromatic carbocycles. The Hall–Kier alpha value is -2.28. The number of nitrogens with one attached hydrogen (secondary N) is 2. The first-order valence-corrected chi connectivity index (χ1v) is 9.07. The Bertz CT molecular complexity index is 772. The van der Waals surface area contributed by atoms with Crippen LogP contribution in [0.15, 0.2) is 35.4 Å². The van der Waals surface area contributed by atoms with Gasteiger partial charge in [-0.3, -0.25) is 14.3 Å². The largest absolute Gasteiger partial charge is 0.341 e. The van der Waals surface area contributed by atoms with E-state index in [0.717, 1.165) is 35.4 Å². The molecule has 0 fully saturated rings. The molecule has 2 N–H and O–H groups in total. The van der Waals surface area contributed by atoms with Crippen LogP contribution >= 0.6 is 11.8 Å². The molecule has 24 heavy (non-hydrogen) atoms. The van der Waals surface area contributed by atoms with Crippen LogP contribution in [0.3, 0.4) is 0 Å². The number of anilines is 1. The Kier molecular flexibility index (Phi) is 4.89. The van der Waals surface area contributed by atoms with Gasteiger partial charge in [0.2, 0.25) is 0 Å². The van der Waals surface area contributed by atoms with Crippen molar-refractivity contribution < 1.29 is 9.59 Å². The summed E-state index contributed by atoms with van der Waals surface area (Å²) in [7, 11) is 1.90. The zero-order valence-corrected chi connectivity index (χ0v) is 14.5. The molecule has 1 aromatic heterocycles. The highest BCUT2D eigenvalue weighted by Gasteiger charge is 2.26. The van der Waals surface area contributed by atoms with Gasteiger partial charge in [0.1, 0.15) is 0 Å². The maximum atomic E-state index is 12.2. The van der Waals surface area contributed by atoms with Crippen LogP contribution in [0.2, 0.25) is 0 Å². The fourth-order valence-electron chi connectivity index (χ4n) is 2.97. The summed E-state index contributed by atoms with van der Waals surface area (Å²) in [5, 5.41) is 9.73. The predicted octanol–water partition coefficient (Wildman–Crippen LogP) is 2.27. The molecule has 0 bridgehead atoms. The number of aromatic nitrogens is 2. The first kappa shape index (κ1) is 16.6. The van der Waals surface area contributed by atoms with Gasteiger partial charge in [0.05, 0.1) is 12.2 Å². The normalized spacial score (nSPS) is 16.3. The van der Waals surface area contributed by atoms with E-state index in [4.69, 9.17) is 0 Å². The Labute approximate surface area is 145 Å².